The Kier molecular flexibility index (Phi) is 10.4. The predicted molar refractivity (Wildman–Crippen MR) is 175 cm³/mol. The third-order valence-electron chi connectivity index (χ3n) is 9.12. The zero-order chi connectivity index (χ0) is 31.1. The Bertz CT molecular complexity index is 1390. The maximum Gasteiger partial charge on any atom is 0.307 e. The molecule has 236 valence electrons. The molecule has 7 nitrogen and oxygen atoms in total. The molecule has 3 aromatic rings. The lowest BCUT2D eigenvalue weighted by Gasteiger charge is -2.40. The number of rotatable bonds is 12. The van der Waals surface area contributed by atoms with Gasteiger partial charge in [0.05, 0.1) is 18.7 Å². The van der Waals surface area contributed by atoms with Gasteiger partial charge >= 0.3 is 5.97 Å². The summed E-state index contributed by atoms with van der Waals surface area (Å²) < 4.78 is 19.3. The number of anilines is 2. The van der Waals surface area contributed by atoms with Crippen molar-refractivity contribution in [2.45, 2.75) is 65.7 Å². The summed E-state index contributed by atoms with van der Waals surface area (Å²) in [4.78, 5) is 22.0. The zero-order valence-corrected chi connectivity index (χ0v) is 26.5. The average molecular weight is 603 g/mol. The largest absolute Gasteiger partial charge is 0.493 e. The highest BCUT2D eigenvalue weighted by Crippen LogP contribution is 2.43. The Morgan fingerprint density at radius 3 is 2.34 bits per heavy atom. The number of pyridine rings is 1. The van der Waals surface area contributed by atoms with Crippen molar-refractivity contribution in [3.8, 4) is 16.9 Å². The van der Waals surface area contributed by atoms with E-state index < -0.39 is 5.97 Å². The van der Waals surface area contributed by atoms with E-state index in [4.69, 9.17) is 9.72 Å². The van der Waals surface area contributed by atoms with Crippen LogP contribution in [0.5, 0.6) is 5.75 Å². The molecule has 2 saturated heterocycles. The van der Waals surface area contributed by atoms with Gasteiger partial charge in [-0.15, -0.1) is 0 Å². The highest BCUT2D eigenvalue weighted by atomic mass is 19.1. The Hall–Kier alpha value is -3.65. The average Bonchev–Trinajstić information content (AvgIpc) is 3.00. The third kappa shape index (κ3) is 8.29. The topological polar surface area (TPSA) is 77.9 Å². The van der Waals surface area contributed by atoms with Crippen molar-refractivity contribution in [2.24, 2.45) is 5.41 Å². The van der Waals surface area contributed by atoms with Crippen LogP contribution >= 0.6 is 0 Å². The van der Waals surface area contributed by atoms with Gasteiger partial charge in [-0.2, -0.15) is 0 Å². The second-order valence-electron chi connectivity index (χ2n) is 13.0. The summed E-state index contributed by atoms with van der Waals surface area (Å²) in [6, 6.07) is 14.5. The number of aryl methyl sites for hydroxylation is 1. The van der Waals surface area contributed by atoms with Crippen LogP contribution in [-0.2, 0) is 17.6 Å². The highest BCUT2D eigenvalue weighted by Gasteiger charge is 2.31. The van der Waals surface area contributed by atoms with E-state index in [1.165, 1.54) is 31.4 Å². The van der Waals surface area contributed by atoms with E-state index in [0.29, 0.717) is 13.0 Å². The molecule has 0 saturated carbocycles. The maximum atomic E-state index is 13.3. The van der Waals surface area contributed by atoms with Crippen molar-refractivity contribution in [1.29, 1.82) is 0 Å². The first-order valence-electron chi connectivity index (χ1n) is 16.1. The van der Waals surface area contributed by atoms with Crippen molar-refractivity contribution < 1.29 is 19.0 Å². The molecule has 1 aromatic heterocycles. The van der Waals surface area contributed by atoms with Gasteiger partial charge in [0.15, 0.2) is 0 Å². The van der Waals surface area contributed by atoms with Crippen LogP contribution in [0.15, 0.2) is 48.5 Å². The minimum absolute atomic E-state index is 0.0697. The van der Waals surface area contributed by atoms with Gasteiger partial charge < -0.3 is 25.0 Å². The molecule has 0 bridgehead atoms. The Balaban J connectivity index is 1.45. The summed E-state index contributed by atoms with van der Waals surface area (Å²) in [7, 11) is 0. The molecule has 0 unspecified atom stereocenters. The van der Waals surface area contributed by atoms with Crippen molar-refractivity contribution >= 4 is 17.5 Å². The number of carboxylic acid groups (broad SMARTS) is 1. The normalized spacial score (nSPS) is 17.0. The summed E-state index contributed by atoms with van der Waals surface area (Å²) in [6.07, 6.45) is 6.50. The van der Waals surface area contributed by atoms with Crippen molar-refractivity contribution in [3.63, 3.8) is 0 Å². The summed E-state index contributed by atoms with van der Waals surface area (Å²) in [6.45, 7) is 12.8. The maximum absolute atomic E-state index is 13.3. The molecular formula is C36H47FN4O3. The number of ether oxygens (including phenoxy) is 1. The number of aliphatic carboxylic acids is 1. The number of nitrogens with one attached hydrogen (secondary N) is 1. The first-order chi connectivity index (χ1) is 21.2. The van der Waals surface area contributed by atoms with E-state index in [0.717, 1.165) is 97.3 Å². The van der Waals surface area contributed by atoms with Gasteiger partial charge in [0, 0.05) is 49.4 Å². The van der Waals surface area contributed by atoms with Gasteiger partial charge in [-0.05, 0) is 86.5 Å². The van der Waals surface area contributed by atoms with Crippen molar-refractivity contribution in [3.05, 3.63) is 71.2 Å². The number of piperidine rings is 2. The van der Waals surface area contributed by atoms with Crippen LogP contribution in [0.4, 0.5) is 15.9 Å². The molecule has 44 heavy (non-hydrogen) atoms. The molecule has 5 rings (SSSR count). The number of carboxylic acids is 1. The summed E-state index contributed by atoms with van der Waals surface area (Å²) in [5.41, 5.74) is 5.76. The second-order valence-corrected chi connectivity index (χ2v) is 13.0. The minimum Gasteiger partial charge on any atom is -0.493 e. The molecule has 0 amide bonds. The number of benzene rings is 2. The van der Waals surface area contributed by atoms with Crippen molar-refractivity contribution in [2.75, 3.05) is 56.1 Å². The number of hydrogen-bond donors (Lipinski definition) is 2. The summed E-state index contributed by atoms with van der Waals surface area (Å²) in [5, 5.41) is 13.6. The van der Waals surface area contributed by atoms with Crippen molar-refractivity contribution in [1.82, 2.24) is 9.88 Å². The number of likely N-dealkylation sites (tertiary alicyclic amines) is 1. The predicted octanol–water partition coefficient (Wildman–Crippen LogP) is 6.97. The van der Waals surface area contributed by atoms with E-state index in [1.807, 2.05) is 19.1 Å². The SMILES string of the molecule is Cc1nc(NCCN2CCCCC2)c(-c2ccc(OCCc3ccc(F)cc3)cc2)c(N2CCC(C)(C)CC2)c1CC(=O)O. The molecule has 2 N–H and O–H groups in total. The van der Waals surface area contributed by atoms with Crippen LogP contribution in [-0.4, -0.2) is 66.8 Å². The molecule has 0 aliphatic carbocycles. The van der Waals surface area contributed by atoms with E-state index in [2.05, 4.69) is 41.1 Å². The molecule has 3 heterocycles. The molecule has 0 atom stereocenters. The fourth-order valence-corrected chi connectivity index (χ4v) is 6.35. The lowest BCUT2D eigenvalue weighted by atomic mass is 9.82. The van der Waals surface area contributed by atoms with Gasteiger partial charge in [0.25, 0.3) is 0 Å². The van der Waals surface area contributed by atoms with Crippen LogP contribution in [0, 0.1) is 18.2 Å². The number of aromatic nitrogens is 1. The third-order valence-corrected chi connectivity index (χ3v) is 9.12. The monoisotopic (exact) mass is 602 g/mol. The van der Waals surface area contributed by atoms with Gasteiger partial charge in [0.1, 0.15) is 17.4 Å². The first kappa shape index (κ1) is 31.8. The lowest BCUT2D eigenvalue weighted by Crippen LogP contribution is -2.38. The summed E-state index contributed by atoms with van der Waals surface area (Å²) in [5.74, 6) is 0.464. The van der Waals surface area contributed by atoms with Crippen LogP contribution in [0.2, 0.25) is 0 Å². The first-order valence-corrected chi connectivity index (χ1v) is 16.1. The lowest BCUT2D eigenvalue weighted by molar-refractivity contribution is -0.136. The fraction of sp³-hybridized carbons (Fsp3) is 0.500. The van der Waals surface area contributed by atoms with Crippen LogP contribution in [0.1, 0.15) is 62.8 Å². The van der Waals surface area contributed by atoms with E-state index >= 15 is 0 Å². The molecule has 2 fully saturated rings. The molecular weight excluding hydrogens is 555 g/mol. The molecule has 2 aromatic carbocycles. The van der Waals surface area contributed by atoms with Gasteiger partial charge in [0.2, 0.25) is 0 Å². The molecule has 0 spiro atoms. The minimum atomic E-state index is -0.852. The molecule has 8 heteroatoms. The smallest absolute Gasteiger partial charge is 0.307 e. The quantitative estimate of drug-likeness (QED) is 0.232. The Morgan fingerprint density at radius 1 is 1.00 bits per heavy atom. The number of carbonyl (C=O) groups is 1. The zero-order valence-electron chi connectivity index (χ0n) is 26.5. The Morgan fingerprint density at radius 2 is 1.68 bits per heavy atom. The van der Waals surface area contributed by atoms with Crippen LogP contribution in [0.3, 0.4) is 0 Å². The van der Waals surface area contributed by atoms with E-state index in [-0.39, 0.29) is 17.7 Å². The van der Waals surface area contributed by atoms with E-state index in [9.17, 15) is 14.3 Å². The van der Waals surface area contributed by atoms with Crippen LogP contribution in [0.25, 0.3) is 11.1 Å². The number of halogens is 1. The molecule has 2 aliphatic rings. The number of hydrogen-bond acceptors (Lipinski definition) is 6. The second kappa shape index (κ2) is 14.4. The van der Waals surface area contributed by atoms with Gasteiger partial charge in [-0.25, -0.2) is 9.37 Å². The Labute approximate surface area is 261 Å². The molecule has 0 radical (unpaired) electrons. The van der Waals surface area contributed by atoms with Gasteiger partial charge in [-0.1, -0.05) is 44.5 Å². The number of nitrogens with zero attached hydrogens (tertiary/aromatic N) is 3. The fourth-order valence-electron chi connectivity index (χ4n) is 6.35. The standard InChI is InChI=1S/C36H47FN4O3/c1-26-31(25-32(42)43)34(41-21-16-36(2,3)17-22-41)33(35(39-26)38-18-23-40-19-5-4-6-20-40)28-9-13-30(14-10-28)44-24-15-27-7-11-29(37)12-8-27/h7-14H,4-6,15-25H2,1-3H3,(H,38,39)(H,42,43). The van der Waals surface area contributed by atoms with Crippen LogP contribution < -0.4 is 15.0 Å². The van der Waals surface area contributed by atoms with Gasteiger partial charge in [-0.3, -0.25) is 4.79 Å². The molecule has 2 aliphatic heterocycles. The van der Waals surface area contributed by atoms with E-state index in [1.54, 1.807) is 12.1 Å². The highest BCUT2D eigenvalue weighted by molar-refractivity contribution is 5.91. The summed E-state index contributed by atoms with van der Waals surface area (Å²) >= 11 is 0.